The minimum absolute atomic E-state index is 0.00840. The van der Waals surface area contributed by atoms with Gasteiger partial charge in [-0.3, -0.25) is 4.79 Å². The zero-order valence-corrected chi connectivity index (χ0v) is 7.97. The fourth-order valence-electron chi connectivity index (χ4n) is 0.804. The highest BCUT2D eigenvalue weighted by Gasteiger charge is 2.14. The number of aromatic nitrogens is 1. The van der Waals surface area contributed by atoms with E-state index < -0.39 is 11.9 Å². The van der Waals surface area contributed by atoms with Gasteiger partial charge in [0.1, 0.15) is 12.4 Å². The molecule has 0 unspecified atom stereocenters. The molecule has 0 saturated heterocycles. The number of nitrogens with one attached hydrogen (secondary N) is 1. The number of esters is 1. The van der Waals surface area contributed by atoms with E-state index in [4.69, 9.17) is 0 Å². The largest absolute Gasteiger partial charge is 0.454 e. The maximum Gasteiger partial charge on any atom is 0.397 e. The fourth-order valence-corrected chi connectivity index (χ4v) is 0.804. The molecule has 0 aliphatic carbocycles. The van der Waals surface area contributed by atoms with Gasteiger partial charge in [0.25, 0.3) is 0 Å². The number of ether oxygens (including phenoxy) is 1. The summed E-state index contributed by atoms with van der Waals surface area (Å²) in [5, 5.41) is 2.29. The van der Waals surface area contributed by atoms with E-state index in [1.165, 1.54) is 12.3 Å². The number of carbonyl (C=O) groups excluding carboxylic acids is 2. The van der Waals surface area contributed by atoms with Crippen LogP contribution in [0.2, 0.25) is 0 Å². The summed E-state index contributed by atoms with van der Waals surface area (Å²) in [5.41, 5.74) is 0. The number of carbonyl (C=O) groups is 2. The van der Waals surface area contributed by atoms with Crippen molar-refractivity contribution in [3.05, 3.63) is 37.1 Å². The van der Waals surface area contributed by atoms with Crippen LogP contribution in [0.5, 0.6) is 0 Å². The quantitative estimate of drug-likeness (QED) is 0.450. The van der Waals surface area contributed by atoms with E-state index in [1.807, 2.05) is 0 Å². The van der Waals surface area contributed by atoms with E-state index in [1.54, 1.807) is 18.2 Å². The number of hydrogen-bond donors (Lipinski definition) is 1. The SMILES string of the molecule is C=CCOC(=O)C(=O)Nc1ccccn1. The van der Waals surface area contributed by atoms with Gasteiger partial charge in [0.05, 0.1) is 0 Å². The molecule has 1 aromatic rings. The molecular weight excluding hydrogens is 196 g/mol. The van der Waals surface area contributed by atoms with Crippen molar-refractivity contribution in [1.82, 2.24) is 4.98 Å². The third-order valence-corrected chi connectivity index (χ3v) is 1.42. The second kappa shape index (κ2) is 5.54. The number of nitrogens with zero attached hydrogens (tertiary/aromatic N) is 1. The van der Waals surface area contributed by atoms with Crippen LogP contribution in [0.1, 0.15) is 0 Å². The molecule has 0 spiro atoms. The van der Waals surface area contributed by atoms with E-state index >= 15 is 0 Å². The molecule has 0 fully saturated rings. The van der Waals surface area contributed by atoms with E-state index in [9.17, 15) is 9.59 Å². The monoisotopic (exact) mass is 206 g/mol. The highest BCUT2D eigenvalue weighted by Crippen LogP contribution is 1.99. The van der Waals surface area contributed by atoms with Gasteiger partial charge in [-0.2, -0.15) is 0 Å². The normalized spacial score (nSPS) is 9.07. The van der Waals surface area contributed by atoms with Crippen LogP contribution in [0, 0.1) is 0 Å². The van der Waals surface area contributed by atoms with Crippen molar-refractivity contribution >= 4 is 17.7 Å². The second-order valence-corrected chi connectivity index (χ2v) is 2.56. The average Bonchev–Trinajstić information content (AvgIpc) is 2.27. The van der Waals surface area contributed by atoms with E-state index in [2.05, 4.69) is 21.6 Å². The molecule has 0 radical (unpaired) electrons. The van der Waals surface area contributed by atoms with Crippen molar-refractivity contribution in [3.63, 3.8) is 0 Å². The minimum Gasteiger partial charge on any atom is -0.454 e. The first kappa shape index (κ1) is 10.9. The number of hydrogen-bond acceptors (Lipinski definition) is 4. The summed E-state index contributed by atoms with van der Waals surface area (Å²) in [5.74, 6) is -1.51. The molecule has 5 nitrogen and oxygen atoms in total. The maximum atomic E-state index is 11.2. The fraction of sp³-hybridized carbons (Fsp3) is 0.100. The van der Waals surface area contributed by atoms with Crippen LogP contribution in [-0.2, 0) is 14.3 Å². The molecule has 0 saturated carbocycles. The van der Waals surface area contributed by atoms with Gasteiger partial charge in [0, 0.05) is 6.20 Å². The lowest BCUT2D eigenvalue weighted by Gasteiger charge is -2.02. The predicted octanol–water partition coefficient (Wildman–Crippen LogP) is 0.749. The summed E-state index contributed by atoms with van der Waals surface area (Å²) >= 11 is 0. The van der Waals surface area contributed by atoms with Gasteiger partial charge in [-0.1, -0.05) is 18.7 Å². The molecule has 1 heterocycles. The zero-order valence-electron chi connectivity index (χ0n) is 7.97. The third-order valence-electron chi connectivity index (χ3n) is 1.42. The molecule has 0 aliphatic rings. The van der Waals surface area contributed by atoms with Crippen LogP contribution in [-0.4, -0.2) is 23.5 Å². The molecule has 0 bridgehead atoms. The van der Waals surface area contributed by atoms with Crippen LogP contribution in [0.25, 0.3) is 0 Å². The van der Waals surface area contributed by atoms with Gasteiger partial charge in [-0.25, -0.2) is 9.78 Å². The summed E-state index contributed by atoms with van der Waals surface area (Å²) in [7, 11) is 0. The first-order chi connectivity index (χ1) is 7.24. The van der Waals surface area contributed by atoms with Crippen molar-refractivity contribution in [2.24, 2.45) is 0 Å². The Hall–Kier alpha value is -2.17. The van der Waals surface area contributed by atoms with Crippen LogP contribution in [0.4, 0.5) is 5.82 Å². The Morgan fingerprint density at radius 3 is 2.93 bits per heavy atom. The molecule has 1 N–H and O–H groups in total. The van der Waals surface area contributed by atoms with Crippen molar-refractivity contribution in [2.45, 2.75) is 0 Å². The Kier molecular flexibility index (Phi) is 4.03. The lowest BCUT2D eigenvalue weighted by molar-refractivity contribution is -0.151. The van der Waals surface area contributed by atoms with E-state index in [-0.39, 0.29) is 6.61 Å². The van der Waals surface area contributed by atoms with Crippen LogP contribution >= 0.6 is 0 Å². The van der Waals surface area contributed by atoms with Gasteiger partial charge in [-0.05, 0) is 12.1 Å². The third kappa shape index (κ3) is 3.60. The molecule has 0 atom stereocenters. The number of rotatable bonds is 3. The van der Waals surface area contributed by atoms with Crippen molar-refractivity contribution < 1.29 is 14.3 Å². The standard InChI is InChI=1S/C10H10N2O3/c1-2-7-15-10(14)9(13)12-8-5-3-4-6-11-8/h2-6H,1,7H2,(H,11,12,13). The van der Waals surface area contributed by atoms with Gasteiger partial charge in [0.2, 0.25) is 0 Å². The molecule has 1 amide bonds. The molecule has 0 aromatic carbocycles. The van der Waals surface area contributed by atoms with Crippen molar-refractivity contribution in [2.75, 3.05) is 11.9 Å². The van der Waals surface area contributed by atoms with Gasteiger partial charge >= 0.3 is 11.9 Å². The lowest BCUT2D eigenvalue weighted by Crippen LogP contribution is -2.25. The highest BCUT2D eigenvalue weighted by molar-refractivity contribution is 6.37. The summed E-state index contributed by atoms with van der Waals surface area (Å²) in [6, 6.07) is 4.96. The Morgan fingerprint density at radius 1 is 1.53 bits per heavy atom. The Bertz CT molecular complexity index is 362. The number of pyridine rings is 1. The van der Waals surface area contributed by atoms with Crippen LogP contribution < -0.4 is 5.32 Å². The summed E-state index contributed by atoms with van der Waals surface area (Å²) in [6.07, 6.45) is 2.89. The lowest BCUT2D eigenvalue weighted by atomic mass is 10.4. The highest BCUT2D eigenvalue weighted by atomic mass is 16.5. The second-order valence-electron chi connectivity index (χ2n) is 2.56. The first-order valence-corrected chi connectivity index (χ1v) is 4.24. The minimum atomic E-state index is -0.958. The van der Waals surface area contributed by atoms with E-state index in [0.717, 1.165) is 0 Å². The summed E-state index contributed by atoms with van der Waals surface area (Å²) in [6.45, 7) is 3.36. The topological polar surface area (TPSA) is 68.3 Å². The number of amides is 1. The summed E-state index contributed by atoms with van der Waals surface area (Å²) < 4.78 is 4.53. The first-order valence-electron chi connectivity index (χ1n) is 4.24. The van der Waals surface area contributed by atoms with Crippen molar-refractivity contribution in [1.29, 1.82) is 0 Å². The predicted molar refractivity (Wildman–Crippen MR) is 54.0 cm³/mol. The molecule has 0 aliphatic heterocycles. The Balaban J connectivity index is 2.49. The van der Waals surface area contributed by atoms with Gasteiger partial charge in [-0.15, -0.1) is 0 Å². The molecule has 78 valence electrons. The van der Waals surface area contributed by atoms with E-state index in [0.29, 0.717) is 5.82 Å². The molecule has 15 heavy (non-hydrogen) atoms. The molecule has 1 aromatic heterocycles. The molecule has 1 rings (SSSR count). The number of anilines is 1. The average molecular weight is 206 g/mol. The van der Waals surface area contributed by atoms with Gasteiger partial charge < -0.3 is 10.1 Å². The molecular formula is C10H10N2O3. The molecule has 5 heteroatoms. The summed E-state index contributed by atoms with van der Waals surface area (Å²) in [4.78, 5) is 26.0. The van der Waals surface area contributed by atoms with Crippen molar-refractivity contribution in [3.8, 4) is 0 Å². The Labute approximate surface area is 86.8 Å². The Morgan fingerprint density at radius 2 is 2.33 bits per heavy atom. The van der Waals surface area contributed by atoms with Crippen LogP contribution in [0.3, 0.4) is 0 Å². The zero-order chi connectivity index (χ0) is 11.1. The van der Waals surface area contributed by atoms with Gasteiger partial charge in [0.15, 0.2) is 0 Å². The maximum absolute atomic E-state index is 11.2. The van der Waals surface area contributed by atoms with Crippen LogP contribution in [0.15, 0.2) is 37.1 Å². The smallest absolute Gasteiger partial charge is 0.397 e.